The number of carbonyl (C=O) groups is 1. The highest BCUT2D eigenvalue weighted by atomic mass is 32.1. The SMILES string of the molecule is CCC(=O)N(c1ccccc1)C1(COC)CCN(CCc2ccc(N=C=S)cc2)CC1. The van der Waals surface area contributed by atoms with Crippen LogP contribution < -0.4 is 4.90 Å². The summed E-state index contributed by atoms with van der Waals surface area (Å²) in [6, 6.07) is 18.2. The van der Waals surface area contributed by atoms with Crippen LogP contribution in [0.3, 0.4) is 0 Å². The van der Waals surface area contributed by atoms with E-state index in [-0.39, 0.29) is 11.4 Å². The molecule has 0 bridgehead atoms. The first kappa shape index (κ1) is 23.3. The van der Waals surface area contributed by atoms with E-state index in [1.165, 1.54) is 5.56 Å². The van der Waals surface area contributed by atoms with Crippen LogP contribution in [0.4, 0.5) is 11.4 Å². The lowest BCUT2D eigenvalue weighted by molar-refractivity contribution is -0.120. The Morgan fingerprint density at radius 1 is 1.16 bits per heavy atom. The Hall–Kier alpha value is -2.37. The second-order valence-electron chi connectivity index (χ2n) is 8.04. The van der Waals surface area contributed by atoms with Gasteiger partial charge in [-0.3, -0.25) is 4.79 Å². The third-order valence-electron chi connectivity index (χ3n) is 6.07. The van der Waals surface area contributed by atoms with E-state index < -0.39 is 0 Å². The van der Waals surface area contributed by atoms with Crippen molar-refractivity contribution in [1.82, 2.24) is 4.90 Å². The molecular formula is C25H31N3O2S. The van der Waals surface area contributed by atoms with Gasteiger partial charge in [-0.1, -0.05) is 37.3 Å². The molecule has 1 fully saturated rings. The zero-order valence-corrected chi connectivity index (χ0v) is 19.2. The zero-order valence-electron chi connectivity index (χ0n) is 18.4. The Kier molecular flexibility index (Phi) is 8.50. The van der Waals surface area contributed by atoms with E-state index in [0.717, 1.165) is 50.3 Å². The minimum Gasteiger partial charge on any atom is -0.382 e. The number of anilines is 1. The van der Waals surface area contributed by atoms with Gasteiger partial charge < -0.3 is 14.5 Å². The molecule has 0 radical (unpaired) electrons. The van der Waals surface area contributed by atoms with Gasteiger partial charge in [0.2, 0.25) is 5.91 Å². The molecular weight excluding hydrogens is 406 g/mol. The zero-order chi connectivity index (χ0) is 22.1. The molecule has 2 aromatic rings. The number of ether oxygens (including phenoxy) is 1. The summed E-state index contributed by atoms with van der Waals surface area (Å²) in [5.41, 5.74) is 2.77. The summed E-state index contributed by atoms with van der Waals surface area (Å²) in [6.07, 6.45) is 3.25. The van der Waals surface area contributed by atoms with E-state index in [1.807, 2.05) is 54.3 Å². The number of benzene rings is 2. The number of hydrogen-bond acceptors (Lipinski definition) is 5. The van der Waals surface area contributed by atoms with Gasteiger partial charge in [0.15, 0.2) is 0 Å². The van der Waals surface area contributed by atoms with Crippen molar-refractivity contribution in [2.45, 2.75) is 38.1 Å². The molecule has 5 nitrogen and oxygen atoms in total. The van der Waals surface area contributed by atoms with E-state index in [0.29, 0.717) is 13.0 Å². The summed E-state index contributed by atoms with van der Waals surface area (Å²) in [6.45, 7) is 5.35. The van der Waals surface area contributed by atoms with Gasteiger partial charge in [0.25, 0.3) is 0 Å². The molecule has 1 heterocycles. The summed E-state index contributed by atoms with van der Waals surface area (Å²) in [5.74, 6) is 0.149. The third kappa shape index (κ3) is 5.86. The second kappa shape index (κ2) is 11.3. The maximum atomic E-state index is 13.0. The highest BCUT2D eigenvalue weighted by Crippen LogP contribution is 2.34. The Balaban J connectivity index is 1.67. The van der Waals surface area contributed by atoms with Crippen LogP contribution in [0.25, 0.3) is 0 Å². The summed E-state index contributed by atoms with van der Waals surface area (Å²) in [5, 5.41) is 2.40. The van der Waals surface area contributed by atoms with E-state index in [1.54, 1.807) is 7.11 Å². The lowest BCUT2D eigenvalue weighted by Crippen LogP contribution is -2.60. The van der Waals surface area contributed by atoms with E-state index >= 15 is 0 Å². The predicted molar refractivity (Wildman–Crippen MR) is 129 cm³/mol. The fraction of sp³-hybridized carbons (Fsp3) is 0.440. The number of methoxy groups -OCH3 is 1. The fourth-order valence-electron chi connectivity index (χ4n) is 4.39. The van der Waals surface area contributed by atoms with Crippen LogP contribution in [0.1, 0.15) is 31.7 Å². The summed E-state index contributed by atoms with van der Waals surface area (Å²) >= 11 is 4.66. The summed E-state index contributed by atoms with van der Waals surface area (Å²) < 4.78 is 5.64. The van der Waals surface area contributed by atoms with E-state index in [2.05, 4.69) is 39.4 Å². The summed E-state index contributed by atoms with van der Waals surface area (Å²) in [4.78, 5) is 21.5. The van der Waals surface area contributed by atoms with Gasteiger partial charge in [0, 0.05) is 38.9 Å². The van der Waals surface area contributed by atoms with Gasteiger partial charge in [0.1, 0.15) is 0 Å². The van der Waals surface area contributed by atoms with Gasteiger partial charge in [0.05, 0.1) is 23.0 Å². The number of isothiocyanates is 1. The molecule has 164 valence electrons. The fourth-order valence-corrected chi connectivity index (χ4v) is 4.49. The van der Waals surface area contributed by atoms with E-state index in [9.17, 15) is 4.79 Å². The Bertz CT molecular complexity index is 887. The van der Waals surface area contributed by atoms with Crippen LogP contribution in [0.2, 0.25) is 0 Å². The molecule has 1 saturated heterocycles. The number of piperidine rings is 1. The number of carbonyl (C=O) groups excluding carboxylic acids is 1. The van der Waals surface area contributed by atoms with Crippen LogP contribution in [-0.2, 0) is 16.0 Å². The number of rotatable bonds is 9. The van der Waals surface area contributed by atoms with Gasteiger partial charge in [-0.2, -0.15) is 4.99 Å². The molecule has 31 heavy (non-hydrogen) atoms. The number of amides is 1. The molecule has 1 aliphatic heterocycles. The maximum absolute atomic E-state index is 13.0. The van der Waals surface area contributed by atoms with Crippen molar-refractivity contribution in [3.8, 4) is 0 Å². The molecule has 0 aromatic heterocycles. The van der Waals surface area contributed by atoms with Crippen molar-refractivity contribution in [3.63, 3.8) is 0 Å². The Morgan fingerprint density at radius 3 is 2.42 bits per heavy atom. The predicted octanol–water partition coefficient (Wildman–Crippen LogP) is 4.89. The molecule has 3 rings (SSSR count). The van der Waals surface area contributed by atoms with Crippen LogP contribution in [0.15, 0.2) is 59.6 Å². The second-order valence-corrected chi connectivity index (χ2v) is 8.22. The topological polar surface area (TPSA) is 45.1 Å². The van der Waals surface area contributed by atoms with Crippen LogP contribution >= 0.6 is 12.2 Å². The van der Waals surface area contributed by atoms with Crippen LogP contribution in [0.5, 0.6) is 0 Å². The molecule has 1 aliphatic rings. The molecule has 0 N–H and O–H groups in total. The average Bonchev–Trinajstić information content (AvgIpc) is 2.81. The van der Waals surface area contributed by atoms with Crippen LogP contribution in [0, 0.1) is 0 Å². The first-order valence-electron chi connectivity index (χ1n) is 10.9. The highest BCUT2D eigenvalue weighted by molar-refractivity contribution is 7.78. The standard InChI is InChI=1S/C25H31N3O2S/c1-3-24(29)28(23-7-5-4-6-8-23)25(19-30-2)14-17-27(18-15-25)16-13-21-9-11-22(12-10-21)26-20-31/h4-12H,3,13-19H2,1-2H3. The maximum Gasteiger partial charge on any atom is 0.227 e. The van der Waals surface area contributed by atoms with Gasteiger partial charge in [-0.15, -0.1) is 0 Å². The quantitative estimate of drug-likeness (QED) is 0.414. The van der Waals surface area contributed by atoms with Gasteiger partial charge in [-0.25, -0.2) is 0 Å². The van der Waals surface area contributed by atoms with Crippen molar-refractivity contribution in [1.29, 1.82) is 0 Å². The largest absolute Gasteiger partial charge is 0.382 e. The smallest absolute Gasteiger partial charge is 0.227 e. The lowest BCUT2D eigenvalue weighted by atomic mass is 9.85. The number of hydrogen-bond donors (Lipinski definition) is 0. The van der Waals surface area contributed by atoms with E-state index in [4.69, 9.17) is 4.74 Å². The molecule has 0 spiro atoms. The Morgan fingerprint density at radius 2 is 1.84 bits per heavy atom. The lowest BCUT2D eigenvalue weighted by Gasteiger charge is -2.48. The number of aliphatic imine (C=N–C) groups is 1. The van der Waals surface area contributed by atoms with Crippen LogP contribution in [-0.4, -0.2) is 54.9 Å². The number of para-hydroxylation sites is 1. The minimum absolute atomic E-state index is 0.149. The first-order valence-corrected chi connectivity index (χ1v) is 11.3. The normalized spacial score (nSPS) is 15.8. The molecule has 2 aromatic carbocycles. The highest BCUT2D eigenvalue weighted by Gasteiger charge is 2.42. The number of likely N-dealkylation sites (tertiary alicyclic amines) is 1. The molecule has 0 saturated carbocycles. The van der Waals surface area contributed by atoms with Crippen molar-refractivity contribution in [2.75, 3.05) is 38.3 Å². The minimum atomic E-state index is -0.305. The number of thiocarbonyl (C=S) groups is 1. The molecule has 0 aliphatic carbocycles. The first-order chi connectivity index (χ1) is 15.1. The summed E-state index contributed by atoms with van der Waals surface area (Å²) in [7, 11) is 1.73. The van der Waals surface area contributed by atoms with Crippen molar-refractivity contribution >= 4 is 34.7 Å². The number of nitrogens with zero attached hydrogens (tertiary/aromatic N) is 3. The average molecular weight is 438 g/mol. The molecule has 6 heteroatoms. The monoisotopic (exact) mass is 437 g/mol. The van der Waals surface area contributed by atoms with Crippen molar-refractivity contribution in [2.24, 2.45) is 4.99 Å². The van der Waals surface area contributed by atoms with Gasteiger partial charge in [-0.05, 0) is 61.3 Å². The molecule has 1 amide bonds. The third-order valence-corrected chi connectivity index (χ3v) is 6.16. The Labute approximate surface area is 190 Å². The van der Waals surface area contributed by atoms with Gasteiger partial charge >= 0.3 is 0 Å². The molecule has 0 atom stereocenters. The molecule has 0 unspecified atom stereocenters. The van der Waals surface area contributed by atoms with Crippen molar-refractivity contribution < 1.29 is 9.53 Å². The van der Waals surface area contributed by atoms with Crippen molar-refractivity contribution in [3.05, 3.63) is 60.2 Å².